The Morgan fingerprint density at radius 2 is 2.00 bits per heavy atom. The average molecular weight is 347 g/mol. The number of pyridine rings is 1. The molecule has 1 N–H and O–H groups in total. The number of anilines is 2. The number of rotatable bonds is 4. The monoisotopic (exact) mass is 347 g/mol. The molecule has 0 bridgehead atoms. The summed E-state index contributed by atoms with van der Waals surface area (Å²) >= 11 is 0. The van der Waals surface area contributed by atoms with E-state index in [1.807, 2.05) is 11.0 Å². The van der Waals surface area contributed by atoms with Crippen molar-refractivity contribution in [2.24, 2.45) is 0 Å². The maximum atomic E-state index is 12.8. The fraction of sp³-hybridized carbons (Fsp3) is 0.222. The number of hydrogen-bond donors (Lipinski definition) is 1. The van der Waals surface area contributed by atoms with Gasteiger partial charge in [0, 0.05) is 37.5 Å². The fourth-order valence-corrected chi connectivity index (χ4v) is 3.07. The van der Waals surface area contributed by atoms with Gasteiger partial charge in [0.1, 0.15) is 0 Å². The Bertz CT molecular complexity index is 888. The molecule has 1 aliphatic heterocycles. The maximum Gasteiger partial charge on any atom is 0.255 e. The van der Waals surface area contributed by atoms with Crippen molar-refractivity contribution < 1.29 is 4.79 Å². The van der Waals surface area contributed by atoms with Crippen LogP contribution in [-0.4, -0.2) is 42.3 Å². The number of carbonyl (C=O) groups is 1. The van der Waals surface area contributed by atoms with Crippen LogP contribution in [0.25, 0.3) is 0 Å². The lowest BCUT2D eigenvalue weighted by Crippen LogP contribution is -2.31. The van der Waals surface area contributed by atoms with E-state index in [1.54, 1.807) is 49.3 Å². The molecule has 0 aromatic carbocycles. The summed E-state index contributed by atoms with van der Waals surface area (Å²) in [4.78, 5) is 35.7. The lowest BCUT2D eigenvalue weighted by Gasteiger charge is -2.24. The van der Waals surface area contributed by atoms with Crippen LogP contribution >= 0.6 is 0 Å². The van der Waals surface area contributed by atoms with E-state index in [0.29, 0.717) is 23.9 Å². The zero-order chi connectivity index (χ0) is 17.8. The molecule has 1 amide bonds. The molecular weight excluding hydrogens is 330 g/mol. The molecule has 130 valence electrons. The fourth-order valence-electron chi connectivity index (χ4n) is 3.07. The van der Waals surface area contributed by atoms with Crippen molar-refractivity contribution in [1.82, 2.24) is 29.8 Å². The Kier molecular flexibility index (Phi) is 4.46. The van der Waals surface area contributed by atoms with Gasteiger partial charge in [-0.3, -0.25) is 14.8 Å². The first-order valence-corrected chi connectivity index (χ1v) is 8.38. The van der Waals surface area contributed by atoms with Crippen molar-refractivity contribution in [3.8, 4) is 0 Å². The lowest BCUT2D eigenvalue weighted by molar-refractivity contribution is 0.0732. The second kappa shape index (κ2) is 7.22. The summed E-state index contributed by atoms with van der Waals surface area (Å²) in [5.74, 6) is 0.977. The standard InChI is InChI=1S/C18H17N7O/c26-17(13-3-1-6-19-11-13)25-10-2-4-15(25)14-5-7-22-18(23-14)24-16-12-20-8-9-21-16/h1,3,5-9,11-12,15H,2,4,10H2,(H,21,22,23,24)/t15-/m0/s1. The van der Waals surface area contributed by atoms with Gasteiger partial charge < -0.3 is 10.2 Å². The minimum absolute atomic E-state index is 0.0253. The molecule has 0 radical (unpaired) electrons. The third-order valence-electron chi connectivity index (χ3n) is 4.24. The van der Waals surface area contributed by atoms with Gasteiger partial charge in [0.2, 0.25) is 5.95 Å². The van der Waals surface area contributed by atoms with Crippen LogP contribution in [0.1, 0.15) is 34.9 Å². The van der Waals surface area contributed by atoms with E-state index in [4.69, 9.17) is 0 Å². The van der Waals surface area contributed by atoms with Crippen molar-refractivity contribution in [3.63, 3.8) is 0 Å². The Morgan fingerprint density at radius 1 is 1.08 bits per heavy atom. The number of amides is 1. The highest BCUT2D eigenvalue weighted by Gasteiger charge is 2.31. The molecule has 1 fully saturated rings. The molecular formula is C18H17N7O. The molecule has 3 aromatic rings. The van der Waals surface area contributed by atoms with Crippen LogP contribution in [0.4, 0.5) is 11.8 Å². The van der Waals surface area contributed by atoms with Crippen LogP contribution in [-0.2, 0) is 0 Å². The molecule has 8 nitrogen and oxygen atoms in total. The van der Waals surface area contributed by atoms with E-state index >= 15 is 0 Å². The van der Waals surface area contributed by atoms with Gasteiger partial charge in [-0.05, 0) is 31.0 Å². The second-order valence-corrected chi connectivity index (χ2v) is 5.92. The molecule has 0 unspecified atom stereocenters. The van der Waals surface area contributed by atoms with E-state index in [0.717, 1.165) is 18.5 Å². The second-order valence-electron chi connectivity index (χ2n) is 5.92. The van der Waals surface area contributed by atoms with E-state index in [-0.39, 0.29) is 11.9 Å². The van der Waals surface area contributed by atoms with E-state index in [1.165, 1.54) is 0 Å². The van der Waals surface area contributed by atoms with Crippen molar-refractivity contribution in [2.75, 3.05) is 11.9 Å². The van der Waals surface area contributed by atoms with Gasteiger partial charge in [0.25, 0.3) is 5.91 Å². The summed E-state index contributed by atoms with van der Waals surface area (Å²) < 4.78 is 0. The Morgan fingerprint density at radius 3 is 2.81 bits per heavy atom. The van der Waals surface area contributed by atoms with Gasteiger partial charge in [0.05, 0.1) is 23.5 Å². The third kappa shape index (κ3) is 3.34. The van der Waals surface area contributed by atoms with Crippen molar-refractivity contribution in [2.45, 2.75) is 18.9 Å². The van der Waals surface area contributed by atoms with Gasteiger partial charge >= 0.3 is 0 Å². The third-order valence-corrected chi connectivity index (χ3v) is 4.24. The molecule has 3 aromatic heterocycles. The number of nitrogens with zero attached hydrogens (tertiary/aromatic N) is 6. The Labute approximate surface area is 150 Å². The minimum Gasteiger partial charge on any atom is -0.330 e. The summed E-state index contributed by atoms with van der Waals surface area (Å²) in [6.07, 6.45) is 11.5. The van der Waals surface area contributed by atoms with E-state index < -0.39 is 0 Å². The normalized spacial score (nSPS) is 16.5. The largest absolute Gasteiger partial charge is 0.330 e. The molecule has 1 atom stereocenters. The van der Waals surface area contributed by atoms with E-state index in [2.05, 4.69) is 30.2 Å². The highest BCUT2D eigenvalue weighted by molar-refractivity contribution is 5.94. The zero-order valence-corrected chi connectivity index (χ0v) is 14.0. The first kappa shape index (κ1) is 16.1. The molecule has 0 spiro atoms. The number of likely N-dealkylation sites (tertiary alicyclic amines) is 1. The van der Waals surface area contributed by atoms with Gasteiger partial charge in [-0.1, -0.05) is 0 Å². The summed E-state index contributed by atoms with van der Waals surface area (Å²) in [5, 5.41) is 3.03. The number of hydrogen-bond acceptors (Lipinski definition) is 7. The first-order chi connectivity index (χ1) is 12.8. The highest BCUT2D eigenvalue weighted by atomic mass is 16.2. The summed E-state index contributed by atoms with van der Waals surface area (Å²) in [6, 6.07) is 5.33. The molecule has 0 saturated carbocycles. The molecule has 26 heavy (non-hydrogen) atoms. The van der Waals surface area contributed by atoms with Gasteiger partial charge in [-0.2, -0.15) is 0 Å². The summed E-state index contributed by atoms with van der Waals surface area (Å²) in [5.41, 5.74) is 1.40. The smallest absolute Gasteiger partial charge is 0.255 e. The predicted molar refractivity (Wildman–Crippen MR) is 94.6 cm³/mol. The topological polar surface area (TPSA) is 96.8 Å². The Hall–Kier alpha value is -3.42. The quantitative estimate of drug-likeness (QED) is 0.774. The number of aromatic nitrogens is 5. The Balaban J connectivity index is 1.56. The van der Waals surface area contributed by atoms with Crippen LogP contribution in [0.3, 0.4) is 0 Å². The SMILES string of the molecule is O=C(c1cccnc1)N1CCC[C@H]1c1ccnc(Nc2cnccn2)n1. The van der Waals surface area contributed by atoms with E-state index in [9.17, 15) is 4.79 Å². The maximum absolute atomic E-state index is 12.8. The molecule has 0 aliphatic carbocycles. The van der Waals surface area contributed by atoms with Gasteiger partial charge in [-0.25, -0.2) is 15.0 Å². The average Bonchev–Trinajstić information content (AvgIpc) is 3.19. The lowest BCUT2D eigenvalue weighted by atomic mass is 10.1. The van der Waals surface area contributed by atoms with Gasteiger partial charge in [-0.15, -0.1) is 0 Å². The van der Waals surface area contributed by atoms with Gasteiger partial charge in [0.15, 0.2) is 5.82 Å². The molecule has 1 saturated heterocycles. The van der Waals surface area contributed by atoms with Crippen LogP contribution < -0.4 is 5.32 Å². The highest BCUT2D eigenvalue weighted by Crippen LogP contribution is 2.32. The first-order valence-electron chi connectivity index (χ1n) is 8.38. The van der Waals surface area contributed by atoms with Crippen molar-refractivity contribution >= 4 is 17.7 Å². The van der Waals surface area contributed by atoms with Crippen molar-refractivity contribution in [1.29, 1.82) is 0 Å². The molecule has 4 heterocycles. The number of carbonyl (C=O) groups excluding carboxylic acids is 1. The van der Waals surface area contributed by atoms with Crippen molar-refractivity contribution in [3.05, 3.63) is 66.6 Å². The van der Waals surface area contributed by atoms with Crippen LogP contribution in [0, 0.1) is 0 Å². The molecule has 1 aliphatic rings. The summed E-state index contributed by atoms with van der Waals surface area (Å²) in [7, 11) is 0. The molecule has 8 heteroatoms. The number of nitrogens with one attached hydrogen (secondary N) is 1. The molecule has 4 rings (SSSR count). The predicted octanol–water partition coefficient (Wildman–Crippen LogP) is 2.38. The minimum atomic E-state index is -0.0758. The zero-order valence-electron chi connectivity index (χ0n) is 14.0. The van der Waals surface area contributed by atoms with Crippen LogP contribution in [0.2, 0.25) is 0 Å². The van der Waals surface area contributed by atoms with Crippen LogP contribution in [0.5, 0.6) is 0 Å². The van der Waals surface area contributed by atoms with Crippen LogP contribution in [0.15, 0.2) is 55.4 Å². The summed E-state index contributed by atoms with van der Waals surface area (Å²) in [6.45, 7) is 0.704.